The first kappa shape index (κ1) is 16.8. The quantitative estimate of drug-likeness (QED) is 0.695. The zero-order valence-corrected chi connectivity index (χ0v) is 16.0. The number of fused-ring (bicyclic) bond motifs is 1. The van der Waals surface area contributed by atoms with Gasteiger partial charge in [-0.15, -0.1) is 0 Å². The molecule has 2 heterocycles. The van der Waals surface area contributed by atoms with E-state index in [2.05, 4.69) is 74.6 Å². The van der Waals surface area contributed by atoms with Crippen LogP contribution in [0, 0.1) is 0 Å². The Morgan fingerprint density at radius 1 is 1.16 bits per heavy atom. The highest BCUT2D eigenvalue weighted by Gasteiger charge is 2.24. The first-order valence-electron chi connectivity index (χ1n) is 8.84. The smallest absolute Gasteiger partial charge is 0.129 e. The third kappa shape index (κ3) is 3.78. The molecular weight excluding hydrogens is 376 g/mol. The number of piperidine rings is 1. The van der Waals surface area contributed by atoms with Gasteiger partial charge in [-0.3, -0.25) is 0 Å². The number of nitrogens with one attached hydrogen (secondary N) is 2. The van der Waals surface area contributed by atoms with Crippen molar-refractivity contribution in [2.45, 2.75) is 24.9 Å². The predicted octanol–water partition coefficient (Wildman–Crippen LogP) is 4.10. The third-order valence-electron chi connectivity index (χ3n) is 4.98. The van der Waals surface area contributed by atoms with Crippen molar-refractivity contribution in [2.75, 3.05) is 20.1 Å². The van der Waals surface area contributed by atoms with Crippen LogP contribution < -0.4 is 5.32 Å². The van der Waals surface area contributed by atoms with E-state index in [1.165, 1.54) is 18.4 Å². The Bertz CT molecular complexity index is 819. The lowest BCUT2D eigenvalue weighted by atomic mass is 10.0. The second kappa shape index (κ2) is 7.28. The molecule has 5 heteroatoms. The summed E-state index contributed by atoms with van der Waals surface area (Å²) in [5.41, 5.74) is 3.33. The third-order valence-corrected chi connectivity index (χ3v) is 5.48. The number of aromatic amines is 1. The van der Waals surface area contributed by atoms with Crippen LogP contribution in [-0.2, 0) is 0 Å². The fourth-order valence-corrected chi connectivity index (χ4v) is 3.96. The number of benzene rings is 2. The van der Waals surface area contributed by atoms with Gasteiger partial charge >= 0.3 is 0 Å². The van der Waals surface area contributed by atoms with Crippen molar-refractivity contribution >= 4 is 27.0 Å². The van der Waals surface area contributed by atoms with Crippen LogP contribution in [0.25, 0.3) is 11.0 Å². The molecule has 2 N–H and O–H groups in total. The van der Waals surface area contributed by atoms with Crippen molar-refractivity contribution < 1.29 is 0 Å². The van der Waals surface area contributed by atoms with Gasteiger partial charge in [0.15, 0.2) is 0 Å². The number of hydrogen-bond donors (Lipinski definition) is 2. The van der Waals surface area contributed by atoms with Crippen molar-refractivity contribution in [3.63, 3.8) is 0 Å². The second-order valence-electron chi connectivity index (χ2n) is 6.87. The summed E-state index contributed by atoms with van der Waals surface area (Å²) >= 11 is 3.61. The molecule has 4 rings (SSSR count). The van der Waals surface area contributed by atoms with E-state index in [-0.39, 0.29) is 6.04 Å². The maximum atomic E-state index is 4.86. The summed E-state index contributed by atoms with van der Waals surface area (Å²) in [5, 5.41) is 3.86. The van der Waals surface area contributed by atoms with Gasteiger partial charge in [0.1, 0.15) is 5.82 Å². The van der Waals surface area contributed by atoms with Crippen LogP contribution in [0.1, 0.15) is 30.3 Å². The number of rotatable bonds is 4. The maximum absolute atomic E-state index is 4.86. The molecule has 0 amide bonds. The highest BCUT2D eigenvalue weighted by Crippen LogP contribution is 2.26. The number of imidazole rings is 1. The van der Waals surface area contributed by atoms with E-state index in [9.17, 15) is 0 Å². The SMILES string of the molecule is CN1CCC(NC(c2cccc(Br)c2)c2nc3ccccc3[nH]2)CC1. The van der Waals surface area contributed by atoms with E-state index in [4.69, 9.17) is 4.98 Å². The molecule has 1 aliphatic rings. The van der Waals surface area contributed by atoms with E-state index < -0.39 is 0 Å². The van der Waals surface area contributed by atoms with Crippen LogP contribution in [0.5, 0.6) is 0 Å². The summed E-state index contributed by atoms with van der Waals surface area (Å²) in [6, 6.07) is 17.3. The average molecular weight is 399 g/mol. The fraction of sp³-hybridized carbons (Fsp3) is 0.350. The zero-order valence-electron chi connectivity index (χ0n) is 14.4. The van der Waals surface area contributed by atoms with E-state index in [1.54, 1.807) is 0 Å². The van der Waals surface area contributed by atoms with Crippen LogP contribution >= 0.6 is 15.9 Å². The molecule has 0 radical (unpaired) electrons. The van der Waals surface area contributed by atoms with Gasteiger partial charge in [-0.1, -0.05) is 40.2 Å². The van der Waals surface area contributed by atoms with Crippen molar-refractivity contribution in [2.24, 2.45) is 0 Å². The molecule has 130 valence electrons. The second-order valence-corrected chi connectivity index (χ2v) is 7.79. The standard InChI is InChI=1S/C20H23BrN4/c1-25-11-9-16(10-12-25)22-19(14-5-4-6-15(21)13-14)20-23-17-7-2-3-8-18(17)24-20/h2-8,13,16,19,22H,9-12H2,1H3,(H,23,24). The van der Waals surface area contributed by atoms with E-state index >= 15 is 0 Å². The predicted molar refractivity (Wildman–Crippen MR) is 106 cm³/mol. The number of halogens is 1. The van der Waals surface area contributed by atoms with E-state index in [0.29, 0.717) is 6.04 Å². The monoisotopic (exact) mass is 398 g/mol. The number of para-hydroxylation sites is 2. The summed E-state index contributed by atoms with van der Waals surface area (Å²) in [6.45, 7) is 2.28. The normalized spacial score (nSPS) is 17.8. The van der Waals surface area contributed by atoms with Crippen LogP contribution in [0.4, 0.5) is 0 Å². The lowest BCUT2D eigenvalue weighted by Crippen LogP contribution is -2.42. The molecule has 4 nitrogen and oxygen atoms in total. The Kier molecular flexibility index (Phi) is 4.88. The van der Waals surface area contributed by atoms with Crippen LogP contribution in [0.15, 0.2) is 53.0 Å². The molecule has 0 saturated carbocycles. The number of hydrogen-bond acceptors (Lipinski definition) is 3. The Hall–Kier alpha value is -1.69. The molecule has 1 atom stereocenters. The van der Waals surface area contributed by atoms with Gasteiger partial charge in [-0.25, -0.2) is 4.98 Å². The molecule has 1 aromatic heterocycles. The molecule has 0 aliphatic carbocycles. The summed E-state index contributed by atoms with van der Waals surface area (Å²) in [4.78, 5) is 10.8. The Morgan fingerprint density at radius 3 is 2.72 bits per heavy atom. The van der Waals surface area contributed by atoms with Gasteiger partial charge in [-0.05, 0) is 62.8 Å². The minimum atomic E-state index is 0.0679. The summed E-state index contributed by atoms with van der Waals surface area (Å²) < 4.78 is 1.09. The van der Waals surface area contributed by atoms with Crippen molar-refractivity contribution in [3.05, 3.63) is 64.4 Å². The van der Waals surface area contributed by atoms with Gasteiger partial charge in [-0.2, -0.15) is 0 Å². The van der Waals surface area contributed by atoms with E-state index in [1.807, 2.05) is 12.1 Å². The first-order valence-corrected chi connectivity index (χ1v) is 9.63. The van der Waals surface area contributed by atoms with Gasteiger partial charge in [0.05, 0.1) is 17.1 Å². The Morgan fingerprint density at radius 2 is 1.96 bits per heavy atom. The molecule has 1 unspecified atom stereocenters. The van der Waals surface area contributed by atoms with Crippen molar-refractivity contribution in [1.29, 1.82) is 0 Å². The minimum Gasteiger partial charge on any atom is -0.340 e. The fourth-order valence-electron chi connectivity index (χ4n) is 3.54. The highest BCUT2D eigenvalue weighted by atomic mass is 79.9. The van der Waals surface area contributed by atoms with Gasteiger partial charge in [0.2, 0.25) is 0 Å². The summed E-state index contributed by atoms with van der Waals surface area (Å²) in [6.07, 6.45) is 2.34. The van der Waals surface area contributed by atoms with Gasteiger partial charge < -0.3 is 15.2 Å². The molecular formula is C20H23BrN4. The van der Waals surface area contributed by atoms with Crippen LogP contribution in [0.2, 0.25) is 0 Å². The molecule has 0 spiro atoms. The number of aromatic nitrogens is 2. The molecule has 25 heavy (non-hydrogen) atoms. The van der Waals surface area contributed by atoms with Gasteiger partial charge in [0, 0.05) is 10.5 Å². The topological polar surface area (TPSA) is 44.0 Å². The van der Waals surface area contributed by atoms with E-state index in [0.717, 1.165) is 34.4 Å². The number of H-pyrrole nitrogens is 1. The molecule has 3 aromatic rings. The minimum absolute atomic E-state index is 0.0679. The largest absolute Gasteiger partial charge is 0.340 e. The van der Waals surface area contributed by atoms with Crippen LogP contribution in [-0.4, -0.2) is 41.0 Å². The summed E-state index contributed by atoms with van der Waals surface area (Å²) in [7, 11) is 2.20. The molecule has 2 aromatic carbocycles. The van der Waals surface area contributed by atoms with Crippen molar-refractivity contribution in [3.8, 4) is 0 Å². The first-order chi connectivity index (χ1) is 12.2. The molecule has 1 fully saturated rings. The lowest BCUT2D eigenvalue weighted by molar-refractivity contribution is 0.228. The maximum Gasteiger partial charge on any atom is 0.129 e. The average Bonchev–Trinajstić information content (AvgIpc) is 3.05. The number of likely N-dealkylation sites (tertiary alicyclic amines) is 1. The molecule has 0 bridgehead atoms. The van der Waals surface area contributed by atoms with Gasteiger partial charge in [0.25, 0.3) is 0 Å². The number of nitrogens with zero attached hydrogens (tertiary/aromatic N) is 2. The molecule has 1 saturated heterocycles. The summed E-state index contributed by atoms with van der Waals surface area (Å²) in [5.74, 6) is 0.984. The molecule has 1 aliphatic heterocycles. The van der Waals surface area contributed by atoms with Crippen LogP contribution in [0.3, 0.4) is 0 Å². The highest BCUT2D eigenvalue weighted by molar-refractivity contribution is 9.10. The zero-order chi connectivity index (χ0) is 17.2. The lowest BCUT2D eigenvalue weighted by Gasteiger charge is -2.32. The van der Waals surface area contributed by atoms with Crippen molar-refractivity contribution in [1.82, 2.24) is 20.2 Å². The Balaban J connectivity index is 1.67. The Labute approximate surface area is 156 Å².